The molecule has 0 radical (unpaired) electrons. The molecule has 2 nitrogen and oxygen atoms in total. The Morgan fingerprint density at radius 1 is 0.950 bits per heavy atom. The SMILES string of the molecule is CCCCCCCCCC1(O)CCCN(C(C)C)CC1. The van der Waals surface area contributed by atoms with Crippen molar-refractivity contribution in [3.63, 3.8) is 0 Å². The molecular formula is C18H37NO. The quantitative estimate of drug-likeness (QED) is 0.617. The molecule has 1 aliphatic rings. The Kier molecular flexibility index (Phi) is 8.79. The van der Waals surface area contributed by atoms with Crippen LogP contribution in [-0.2, 0) is 0 Å². The monoisotopic (exact) mass is 283 g/mol. The molecule has 0 aliphatic carbocycles. The largest absolute Gasteiger partial charge is 0.390 e. The van der Waals surface area contributed by atoms with Crippen molar-refractivity contribution in [3.05, 3.63) is 0 Å². The van der Waals surface area contributed by atoms with Crippen LogP contribution in [0.15, 0.2) is 0 Å². The van der Waals surface area contributed by atoms with E-state index in [1.165, 1.54) is 44.9 Å². The number of rotatable bonds is 9. The van der Waals surface area contributed by atoms with E-state index >= 15 is 0 Å². The predicted molar refractivity (Wildman–Crippen MR) is 88.1 cm³/mol. The molecule has 1 atom stereocenters. The van der Waals surface area contributed by atoms with Crippen LogP contribution < -0.4 is 0 Å². The van der Waals surface area contributed by atoms with E-state index in [9.17, 15) is 5.11 Å². The smallest absolute Gasteiger partial charge is 0.0660 e. The summed E-state index contributed by atoms with van der Waals surface area (Å²) >= 11 is 0. The molecule has 1 N–H and O–H groups in total. The van der Waals surface area contributed by atoms with Gasteiger partial charge in [0.1, 0.15) is 0 Å². The maximum absolute atomic E-state index is 10.8. The fourth-order valence-electron chi connectivity index (χ4n) is 3.38. The highest BCUT2D eigenvalue weighted by Crippen LogP contribution is 2.28. The van der Waals surface area contributed by atoms with Crippen LogP contribution in [0.3, 0.4) is 0 Å². The standard InChI is InChI=1S/C18H37NO/c1-4-5-6-7-8-9-10-12-18(20)13-11-15-19(16-14-18)17(2)3/h17,20H,4-16H2,1-3H3. The van der Waals surface area contributed by atoms with E-state index in [4.69, 9.17) is 0 Å². The lowest BCUT2D eigenvalue weighted by atomic mass is 9.88. The minimum atomic E-state index is -0.368. The summed E-state index contributed by atoms with van der Waals surface area (Å²) in [6.45, 7) is 9.03. The average molecular weight is 284 g/mol. The first-order valence-corrected chi connectivity index (χ1v) is 9.04. The summed E-state index contributed by atoms with van der Waals surface area (Å²) < 4.78 is 0. The van der Waals surface area contributed by atoms with Crippen LogP contribution >= 0.6 is 0 Å². The zero-order valence-electron chi connectivity index (χ0n) is 14.2. The fourth-order valence-corrected chi connectivity index (χ4v) is 3.38. The van der Waals surface area contributed by atoms with Gasteiger partial charge in [-0.15, -0.1) is 0 Å². The van der Waals surface area contributed by atoms with Gasteiger partial charge >= 0.3 is 0 Å². The molecule has 1 aliphatic heterocycles. The van der Waals surface area contributed by atoms with Gasteiger partial charge in [-0.1, -0.05) is 51.9 Å². The van der Waals surface area contributed by atoms with Crippen molar-refractivity contribution in [3.8, 4) is 0 Å². The molecule has 0 amide bonds. The van der Waals surface area contributed by atoms with E-state index in [1.807, 2.05) is 0 Å². The maximum atomic E-state index is 10.8. The van der Waals surface area contributed by atoms with Crippen LogP contribution in [0.1, 0.15) is 91.4 Å². The second-order valence-electron chi connectivity index (χ2n) is 7.08. The molecule has 0 spiro atoms. The Hall–Kier alpha value is -0.0800. The van der Waals surface area contributed by atoms with Gasteiger partial charge in [0.15, 0.2) is 0 Å². The van der Waals surface area contributed by atoms with Crippen molar-refractivity contribution >= 4 is 0 Å². The molecule has 0 aromatic rings. The molecule has 0 bridgehead atoms. The first kappa shape index (κ1) is 18.0. The van der Waals surface area contributed by atoms with Crippen molar-refractivity contribution in [1.29, 1.82) is 0 Å². The lowest BCUT2D eigenvalue weighted by Gasteiger charge is -2.28. The van der Waals surface area contributed by atoms with E-state index in [0.29, 0.717) is 6.04 Å². The average Bonchev–Trinajstić information content (AvgIpc) is 2.60. The first-order chi connectivity index (χ1) is 9.57. The predicted octanol–water partition coefficient (Wildman–Crippen LogP) is 4.75. The van der Waals surface area contributed by atoms with Crippen LogP contribution in [0.5, 0.6) is 0 Å². The molecule has 1 rings (SSSR count). The van der Waals surface area contributed by atoms with Gasteiger partial charge in [-0.25, -0.2) is 0 Å². The van der Waals surface area contributed by atoms with Gasteiger partial charge in [0.05, 0.1) is 5.60 Å². The molecule has 20 heavy (non-hydrogen) atoms. The van der Waals surface area contributed by atoms with Crippen LogP contribution in [0.25, 0.3) is 0 Å². The van der Waals surface area contributed by atoms with E-state index in [2.05, 4.69) is 25.7 Å². The Morgan fingerprint density at radius 2 is 1.60 bits per heavy atom. The number of nitrogens with zero attached hydrogens (tertiary/aromatic N) is 1. The zero-order valence-corrected chi connectivity index (χ0v) is 14.2. The van der Waals surface area contributed by atoms with Gasteiger partial charge in [-0.2, -0.15) is 0 Å². The van der Waals surface area contributed by atoms with E-state index in [0.717, 1.165) is 38.8 Å². The molecule has 2 heteroatoms. The molecule has 1 heterocycles. The first-order valence-electron chi connectivity index (χ1n) is 9.04. The third-order valence-electron chi connectivity index (χ3n) is 4.93. The van der Waals surface area contributed by atoms with Crippen molar-refractivity contribution < 1.29 is 5.11 Å². The lowest BCUT2D eigenvalue weighted by molar-refractivity contribution is 0.0138. The Morgan fingerprint density at radius 3 is 2.25 bits per heavy atom. The van der Waals surface area contributed by atoms with Crippen LogP contribution in [0.4, 0.5) is 0 Å². The van der Waals surface area contributed by atoms with Crippen LogP contribution in [-0.4, -0.2) is 34.7 Å². The molecule has 1 unspecified atom stereocenters. The minimum Gasteiger partial charge on any atom is -0.390 e. The summed E-state index contributed by atoms with van der Waals surface area (Å²) in [5, 5.41) is 10.8. The van der Waals surface area contributed by atoms with Crippen molar-refractivity contribution in [2.45, 2.75) is 103 Å². The Balaban J connectivity index is 2.15. The highest BCUT2D eigenvalue weighted by molar-refractivity contribution is 4.84. The van der Waals surface area contributed by atoms with E-state index < -0.39 is 0 Å². The lowest BCUT2D eigenvalue weighted by Crippen LogP contribution is -2.34. The van der Waals surface area contributed by atoms with E-state index in [-0.39, 0.29) is 5.60 Å². The zero-order chi connectivity index (χ0) is 14.8. The molecule has 0 aromatic carbocycles. The highest BCUT2D eigenvalue weighted by Gasteiger charge is 2.29. The number of aliphatic hydroxyl groups is 1. The fraction of sp³-hybridized carbons (Fsp3) is 1.00. The highest BCUT2D eigenvalue weighted by atomic mass is 16.3. The third kappa shape index (κ3) is 7.08. The number of hydrogen-bond acceptors (Lipinski definition) is 2. The van der Waals surface area contributed by atoms with E-state index in [1.54, 1.807) is 0 Å². The minimum absolute atomic E-state index is 0.368. The summed E-state index contributed by atoms with van der Waals surface area (Å²) in [4.78, 5) is 2.52. The second-order valence-corrected chi connectivity index (χ2v) is 7.08. The Bertz CT molecular complexity index is 242. The van der Waals surface area contributed by atoms with Gasteiger partial charge in [-0.3, -0.25) is 0 Å². The molecular weight excluding hydrogens is 246 g/mol. The topological polar surface area (TPSA) is 23.5 Å². The summed E-state index contributed by atoms with van der Waals surface area (Å²) in [5.41, 5.74) is -0.368. The van der Waals surface area contributed by atoms with Crippen molar-refractivity contribution in [1.82, 2.24) is 4.90 Å². The number of hydrogen-bond donors (Lipinski definition) is 1. The number of unbranched alkanes of at least 4 members (excludes halogenated alkanes) is 6. The van der Waals surface area contributed by atoms with Gasteiger partial charge in [-0.05, 0) is 46.1 Å². The second kappa shape index (κ2) is 9.78. The van der Waals surface area contributed by atoms with Crippen LogP contribution in [0, 0.1) is 0 Å². The van der Waals surface area contributed by atoms with Crippen molar-refractivity contribution in [2.24, 2.45) is 0 Å². The summed E-state index contributed by atoms with van der Waals surface area (Å²) in [5.74, 6) is 0. The van der Waals surface area contributed by atoms with Crippen molar-refractivity contribution in [2.75, 3.05) is 13.1 Å². The molecule has 0 aromatic heterocycles. The molecule has 1 saturated heterocycles. The summed E-state index contributed by atoms with van der Waals surface area (Å²) in [6, 6.07) is 0.621. The van der Waals surface area contributed by atoms with Crippen LogP contribution in [0.2, 0.25) is 0 Å². The van der Waals surface area contributed by atoms with Gasteiger partial charge in [0, 0.05) is 12.6 Å². The third-order valence-corrected chi connectivity index (χ3v) is 4.93. The molecule has 0 saturated carbocycles. The summed E-state index contributed by atoms with van der Waals surface area (Å²) in [6.07, 6.45) is 13.5. The Labute approximate surface area is 126 Å². The van der Waals surface area contributed by atoms with Gasteiger partial charge in [0.25, 0.3) is 0 Å². The van der Waals surface area contributed by atoms with Gasteiger partial charge in [0.2, 0.25) is 0 Å². The maximum Gasteiger partial charge on any atom is 0.0660 e. The molecule has 120 valence electrons. The molecule has 1 fully saturated rings. The normalized spacial score (nSPS) is 25.1. The summed E-state index contributed by atoms with van der Waals surface area (Å²) in [7, 11) is 0. The van der Waals surface area contributed by atoms with Gasteiger partial charge < -0.3 is 10.0 Å². The number of likely N-dealkylation sites (tertiary alicyclic amines) is 1.